The minimum Gasteiger partial charge on any atom is -0.870 e. The Balaban J connectivity index is 0.00000323. The van der Waals surface area contributed by atoms with Gasteiger partial charge < -0.3 is 35.7 Å². The van der Waals surface area contributed by atoms with E-state index in [1.807, 2.05) is 0 Å². The van der Waals surface area contributed by atoms with E-state index in [0.29, 0.717) is 17.7 Å². The molecule has 43 heavy (non-hydrogen) atoms. The maximum Gasteiger partial charge on any atom is 1.00 e. The molecule has 214 valence electrons. The summed E-state index contributed by atoms with van der Waals surface area (Å²) in [6.45, 7) is 1.62. The number of nitrogens with zero attached hydrogens (tertiary/aromatic N) is 2. The molecule has 0 radical (unpaired) electrons. The number of carbonyl (C=O) groups is 5. The van der Waals surface area contributed by atoms with Crippen molar-refractivity contribution in [1.29, 1.82) is 0 Å². The Morgan fingerprint density at radius 2 is 1.72 bits per heavy atom. The summed E-state index contributed by atoms with van der Waals surface area (Å²) in [5.41, 5.74) is 4.61. The molecule has 0 unspecified atom stereocenters. The van der Waals surface area contributed by atoms with Gasteiger partial charge in [0.15, 0.2) is 5.56 Å². The first kappa shape index (κ1) is 34.7. The summed E-state index contributed by atoms with van der Waals surface area (Å²) in [6.07, 6.45) is 8.41. The van der Waals surface area contributed by atoms with Crippen LogP contribution in [-0.4, -0.2) is 45.2 Å². The molecule has 0 saturated carbocycles. The molecule has 1 saturated heterocycles. The molecule has 0 bridgehead atoms. The number of carbonyl (C=O) groups excluding carboxylic acids is 5. The quantitative estimate of drug-likeness (QED) is 0.0556. The molecule has 0 spiro atoms. The van der Waals surface area contributed by atoms with Crippen LogP contribution in [0.3, 0.4) is 0 Å². The molecule has 6 N–H and O–H groups in total. The third-order valence-electron chi connectivity index (χ3n) is 5.79. The topological polar surface area (TPSA) is 224 Å². The Labute approximate surface area is 285 Å². The number of H-pyrrole nitrogens is 1. The molecule has 1 fully saturated rings. The van der Waals surface area contributed by atoms with Crippen LogP contribution >= 0.6 is 0 Å². The van der Waals surface area contributed by atoms with E-state index in [9.17, 15) is 33.6 Å². The van der Waals surface area contributed by atoms with E-state index in [-0.39, 0.29) is 84.9 Å². The van der Waals surface area contributed by atoms with Crippen LogP contribution in [0.25, 0.3) is 11.8 Å². The average Bonchev–Trinajstić information content (AvgIpc) is 2.93. The molecule has 1 aliphatic rings. The minimum absolute atomic E-state index is 0. The zero-order valence-electron chi connectivity index (χ0n) is 22.8. The number of nitrogens with one attached hydrogen (secondary N) is 3. The second-order valence-corrected chi connectivity index (χ2v) is 8.56. The third-order valence-corrected chi connectivity index (χ3v) is 5.79. The Kier molecular flexibility index (Phi) is 12.2. The van der Waals surface area contributed by atoms with E-state index < -0.39 is 35.0 Å². The van der Waals surface area contributed by atoms with E-state index in [4.69, 9.17) is 5.73 Å². The Morgan fingerprint density at radius 3 is 2.42 bits per heavy atom. The van der Waals surface area contributed by atoms with Gasteiger partial charge in [-0.15, -0.1) is 12.2 Å². The molecule has 4 rings (SSSR count). The van der Waals surface area contributed by atoms with Gasteiger partial charge in [0.05, 0.1) is 5.69 Å². The predicted octanol–water partition coefficient (Wildman–Crippen LogP) is -2.01. The van der Waals surface area contributed by atoms with Crippen molar-refractivity contribution in [3.05, 3.63) is 116 Å². The van der Waals surface area contributed by atoms with Gasteiger partial charge in [0.25, 0.3) is 11.8 Å². The van der Waals surface area contributed by atoms with Crippen molar-refractivity contribution < 1.29 is 80.8 Å². The number of primary amides is 1. The number of urea groups is 1. The summed E-state index contributed by atoms with van der Waals surface area (Å²) >= 11 is 0. The molecular weight excluding hydrogens is 587 g/mol. The molecule has 6 amide bonds. The normalized spacial score (nSPS) is 14.2. The first-order valence-corrected chi connectivity index (χ1v) is 11.8. The smallest absolute Gasteiger partial charge is 0.870 e. The number of imide groups is 2. The summed E-state index contributed by atoms with van der Waals surface area (Å²) in [4.78, 5) is 88.5. The van der Waals surface area contributed by atoms with Crippen LogP contribution in [-0.2, 0) is 14.4 Å². The fraction of sp³-hybridized carbons (Fsp3) is 0.0357. The van der Waals surface area contributed by atoms with Gasteiger partial charge in [0.1, 0.15) is 5.57 Å². The van der Waals surface area contributed by atoms with Crippen molar-refractivity contribution in [2.75, 3.05) is 10.2 Å². The number of nitrogens with two attached hydrogens (primary N) is 1. The van der Waals surface area contributed by atoms with Crippen LogP contribution in [0.4, 0.5) is 16.2 Å². The second-order valence-electron chi connectivity index (χ2n) is 8.56. The maximum absolute atomic E-state index is 13.0. The summed E-state index contributed by atoms with van der Waals surface area (Å²) in [5, 5.41) is 4.51. The Bertz CT molecular complexity index is 1820. The van der Waals surface area contributed by atoms with Crippen LogP contribution in [0, 0.1) is 6.20 Å². The SMILES string of the molecule is CC(C=Cc1[c-][nH]c(=O)n(-c2cccc(C(N)=O)c2)c1=O)=CC=C1C(=O)NC(=O)N(c2cccc(NC=O)c2)C1=O.[K+].[OH-]. The van der Waals surface area contributed by atoms with Crippen LogP contribution < -0.4 is 83.9 Å². The monoisotopic (exact) mass is 609 g/mol. The van der Waals surface area contributed by atoms with Crippen LogP contribution in [0.15, 0.2) is 87.5 Å². The number of aromatic nitrogens is 2. The van der Waals surface area contributed by atoms with Crippen molar-refractivity contribution in [2.45, 2.75) is 6.92 Å². The van der Waals surface area contributed by atoms with Crippen LogP contribution in [0.2, 0.25) is 0 Å². The number of allylic oxidation sites excluding steroid dienone is 4. The van der Waals surface area contributed by atoms with Gasteiger partial charge >= 0.3 is 57.4 Å². The second kappa shape index (κ2) is 15.1. The molecule has 0 aliphatic carbocycles. The van der Waals surface area contributed by atoms with Crippen molar-refractivity contribution in [2.24, 2.45) is 5.73 Å². The number of hydrogen-bond donors (Lipinski definition) is 4. The van der Waals surface area contributed by atoms with Gasteiger partial charge in [-0.25, -0.2) is 9.69 Å². The van der Waals surface area contributed by atoms with Crippen molar-refractivity contribution in [3.63, 3.8) is 0 Å². The number of amides is 6. The molecule has 0 atom stereocenters. The molecule has 1 aromatic heterocycles. The third kappa shape index (κ3) is 7.86. The number of barbiturate groups is 1. The van der Waals surface area contributed by atoms with Gasteiger partial charge in [-0.05, 0) is 49.4 Å². The molecular formula is C28H22KN6O8-. The molecule has 3 aromatic rings. The maximum atomic E-state index is 13.0. The van der Waals surface area contributed by atoms with Crippen LogP contribution in [0.1, 0.15) is 22.8 Å². The van der Waals surface area contributed by atoms with Gasteiger partial charge in [0, 0.05) is 16.9 Å². The standard InChI is InChI=1S/C28H21N6O7.K.H2O/c1-16(8-10-18-14-30-27(40)33(25(18)38)20-6-2-4-17(12-20)23(29)36)9-11-22-24(37)32-28(41)34(26(22)39)21-7-3-5-19(13-21)31-15-35;;/h2-13,15H,1H3,(H2,29,36)(H,30,40)(H,31,35)(H,32,37,41);;1H2/q-1;+1;/p-1. The Morgan fingerprint density at radius 1 is 1.02 bits per heavy atom. The first-order valence-electron chi connectivity index (χ1n) is 11.8. The first-order chi connectivity index (χ1) is 19.6. The fourth-order valence-electron chi connectivity index (χ4n) is 3.79. The van der Waals surface area contributed by atoms with Gasteiger partial charge in [0.2, 0.25) is 18.0 Å². The van der Waals surface area contributed by atoms with Gasteiger partial charge in [-0.2, -0.15) is 0 Å². The molecule has 1 aliphatic heterocycles. The summed E-state index contributed by atoms with van der Waals surface area (Å²) in [5.74, 6) is -2.51. The number of aromatic amines is 1. The minimum atomic E-state index is -0.952. The predicted molar refractivity (Wildman–Crippen MR) is 150 cm³/mol. The largest absolute Gasteiger partial charge is 1.00 e. The Hall–Kier alpha value is -4.51. The molecule has 15 heteroatoms. The summed E-state index contributed by atoms with van der Waals surface area (Å²) in [6, 6.07) is 10.7. The number of hydrogen-bond acceptors (Lipinski definition) is 8. The number of anilines is 2. The number of rotatable bonds is 8. The van der Waals surface area contributed by atoms with Crippen LogP contribution in [0.5, 0.6) is 0 Å². The van der Waals surface area contributed by atoms with E-state index in [1.54, 1.807) is 13.0 Å². The number of benzene rings is 2. The summed E-state index contributed by atoms with van der Waals surface area (Å²) in [7, 11) is 0. The van der Waals surface area contributed by atoms with Crippen molar-refractivity contribution in [1.82, 2.24) is 14.9 Å². The van der Waals surface area contributed by atoms with E-state index >= 15 is 0 Å². The molecule has 2 aromatic carbocycles. The van der Waals surface area contributed by atoms with E-state index in [2.05, 4.69) is 21.8 Å². The van der Waals surface area contributed by atoms with E-state index in [1.165, 1.54) is 66.8 Å². The van der Waals surface area contributed by atoms with Crippen molar-refractivity contribution in [3.8, 4) is 5.69 Å². The van der Waals surface area contributed by atoms with Crippen molar-refractivity contribution >= 4 is 47.6 Å². The van der Waals surface area contributed by atoms with Gasteiger partial charge in [-0.1, -0.05) is 35.5 Å². The van der Waals surface area contributed by atoms with Gasteiger partial charge in [-0.3, -0.25) is 24.5 Å². The zero-order chi connectivity index (χ0) is 29.7. The average molecular weight is 610 g/mol. The molecule has 14 nitrogen and oxygen atoms in total. The van der Waals surface area contributed by atoms with E-state index in [0.717, 1.165) is 9.47 Å². The summed E-state index contributed by atoms with van der Waals surface area (Å²) < 4.78 is 0.819. The zero-order valence-corrected chi connectivity index (χ0v) is 25.9. The fourth-order valence-corrected chi connectivity index (χ4v) is 3.79. The molecule has 2 heterocycles.